The van der Waals surface area contributed by atoms with Crippen LogP contribution in [0, 0.1) is 6.92 Å². The summed E-state index contributed by atoms with van der Waals surface area (Å²) in [4.78, 5) is 24.5. The molecule has 6 nitrogen and oxygen atoms in total. The second kappa shape index (κ2) is 8.90. The number of para-hydroxylation sites is 1. The fraction of sp³-hybridized carbons (Fsp3) is 0.182. The normalized spacial score (nSPS) is 11.5. The average molecular weight is 378 g/mol. The first kappa shape index (κ1) is 19.2. The summed E-state index contributed by atoms with van der Waals surface area (Å²) in [6.07, 6.45) is 0.903. The third kappa shape index (κ3) is 5.01. The number of amides is 2. The van der Waals surface area contributed by atoms with Crippen LogP contribution < -0.4 is 15.4 Å². The second-order valence-corrected chi connectivity index (χ2v) is 6.35. The Morgan fingerprint density at radius 3 is 2.46 bits per heavy atom. The standard InChI is InChI=1S/C22H22N2O4/c1-15-6-3-4-8-20(15)28-16(2)21(25)24-18-11-9-17(10-12-18)22(26)23-14-19-7-5-13-27-19/h3-13,16H,14H2,1-2H3,(H,23,26)(H,24,25). The molecule has 6 heteroatoms. The Balaban J connectivity index is 1.53. The van der Waals surface area contributed by atoms with E-state index in [0.29, 0.717) is 29.3 Å². The van der Waals surface area contributed by atoms with Crippen LogP contribution in [0.1, 0.15) is 28.6 Å². The van der Waals surface area contributed by atoms with Crippen molar-refractivity contribution in [3.05, 3.63) is 83.8 Å². The number of rotatable bonds is 7. The van der Waals surface area contributed by atoms with Crippen LogP contribution in [0.2, 0.25) is 0 Å². The third-order valence-electron chi connectivity index (χ3n) is 4.18. The van der Waals surface area contributed by atoms with Gasteiger partial charge in [0.2, 0.25) is 0 Å². The molecule has 0 aliphatic carbocycles. The smallest absolute Gasteiger partial charge is 0.265 e. The van der Waals surface area contributed by atoms with Gasteiger partial charge in [-0.2, -0.15) is 0 Å². The van der Waals surface area contributed by atoms with Gasteiger partial charge in [-0.15, -0.1) is 0 Å². The van der Waals surface area contributed by atoms with Crippen molar-refractivity contribution in [2.45, 2.75) is 26.5 Å². The van der Waals surface area contributed by atoms with Gasteiger partial charge in [0.1, 0.15) is 11.5 Å². The Kier molecular flexibility index (Phi) is 6.11. The van der Waals surface area contributed by atoms with Crippen molar-refractivity contribution in [1.29, 1.82) is 0 Å². The van der Waals surface area contributed by atoms with Crippen molar-refractivity contribution >= 4 is 17.5 Å². The number of hydrogen-bond donors (Lipinski definition) is 2. The second-order valence-electron chi connectivity index (χ2n) is 6.35. The van der Waals surface area contributed by atoms with E-state index in [1.165, 1.54) is 0 Å². The lowest BCUT2D eigenvalue weighted by Crippen LogP contribution is -2.30. The van der Waals surface area contributed by atoms with E-state index in [1.807, 2.05) is 31.2 Å². The largest absolute Gasteiger partial charge is 0.481 e. The number of nitrogens with one attached hydrogen (secondary N) is 2. The lowest BCUT2D eigenvalue weighted by molar-refractivity contribution is -0.122. The highest BCUT2D eigenvalue weighted by Crippen LogP contribution is 2.18. The fourth-order valence-electron chi connectivity index (χ4n) is 2.56. The van der Waals surface area contributed by atoms with Crippen molar-refractivity contribution in [2.75, 3.05) is 5.32 Å². The molecule has 0 bridgehead atoms. The first-order chi connectivity index (χ1) is 13.5. The number of ether oxygens (including phenoxy) is 1. The number of anilines is 1. The Morgan fingerprint density at radius 1 is 1.04 bits per heavy atom. The number of benzene rings is 2. The summed E-state index contributed by atoms with van der Waals surface area (Å²) < 4.78 is 10.9. The van der Waals surface area contributed by atoms with E-state index >= 15 is 0 Å². The summed E-state index contributed by atoms with van der Waals surface area (Å²) >= 11 is 0. The van der Waals surface area contributed by atoms with E-state index in [0.717, 1.165) is 5.56 Å². The van der Waals surface area contributed by atoms with Crippen LogP contribution in [-0.2, 0) is 11.3 Å². The highest BCUT2D eigenvalue weighted by Gasteiger charge is 2.16. The molecule has 1 aromatic heterocycles. The Bertz CT molecular complexity index is 933. The van der Waals surface area contributed by atoms with E-state index < -0.39 is 6.10 Å². The molecule has 2 amide bonds. The fourth-order valence-corrected chi connectivity index (χ4v) is 2.56. The molecule has 1 atom stereocenters. The molecule has 0 aliphatic heterocycles. The van der Waals surface area contributed by atoms with Gasteiger partial charge in [0.25, 0.3) is 11.8 Å². The molecule has 1 unspecified atom stereocenters. The predicted molar refractivity (Wildman–Crippen MR) is 106 cm³/mol. The molecule has 0 fully saturated rings. The molecule has 28 heavy (non-hydrogen) atoms. The molecular formula is C22H22N2O4. The minimum atomic E-state index is -0.655. The van der Waals surface area contributed by atoms with Crippen LogP contribution >= 0.6 is 0 Å². The molecular weight excluding hydrogens is 356 g/mol. The number of furan rings is 1. The SMILES string of the molecule is Cc1ccccc1OC(C)C(=O)Nc1ccc(C(=O)NCc2ccco2)cc1. The van der Waals surface area contributed by atoms with Crippen molar-refractivity contribution < 1.29 is 18.7 Å². The van der Waals surface area contributed by atoms with Gasteiger partial charge in [-0.05, 0) is 61.9 Å². The van der Waals surface area contributed by atoms with Crippen LogP contribution in [0.3, 0.4) is 0 Å². The first-order valence-electron chi connectivity index (χ1n) is 8.97. The van der Waals surface area contributed by atoms with Crippen LogP contribution in [0.4, 0.5) is 5.69 Å². The summed E-state index contributed by atoms with van der Waals surface area (Å²) in [7, 11) is 0. The summed E-state index contributed by atoms with van der Waals surface area (Å²) in [5.41, 5.74) is 2.05. The molecule has 2 N–H and O–H groups in total. The minimum Gasteiger partial charge on any atom is -0.481 e. The Morgan fingerprint density at radius 2 is 1.79 bits per heavy atom. The van der Waals surface area contributed by atoms with Gasteiger partial charge in [0.15, 0.2) is 6.10 Å². The maximum atomic E-state index is 12.4. The number of aryl methyl sites for hydroxylation is 1. The number of hydrogen-bond acceptors (Lipinski definition) is 4. The molecule has 1 heterocycles. The van der Waals surface area contributed by atoms with Crippen LogP contribution in [-0.4, -0.2) is 17.9 Å². The van der Waals surface area contributed by atoms with E-state index in [2.05, 4.69) is 10.6 Å². The van der Waals surface area contributed by atoms with Gasteiger partial charge in [0.05, 0.1) is 12.8 Å². The zero-order valence-electron chi connectivity index (χ0n) is 15.8. The van der Waals surface area contributed by atoms with E-state index in [-0.39, 0.29) is 11.8 Å². The average Bonchev–Trinajstić information content (AvgIpc) is 3.22. The Hall–Kier alpha value is -3.54. The van der Waals surface area contributed by atoms with Crippen molar-refractivity contribution in [3.8, 4) is 5.75 Å². The maximum absolute atomic E-state index is 12.4. The summed E-state index contributed by atoms with van der Waals surface area (Å²) in [5.74, 6) is 0.873. The molecule has 2 aromatic carbocycles. The van der Waals surface area contributed by atoms with Gasteiger partial charge in [0, 0.05) is 11.3 Å². The van der Waals surface area contributed by atoms with Gasteiger partial charge in [-0.3, -0.25) is 9.59 Å². The summed E-state index contributed by atoms with van der Waals surface area (Å²) in [6, 6.07) is 17.8. The maximum Gasteiger partial charge on any atom is 0.265 e. The summed E-state index contributed by atoms with van der Waals surface area (Å²) in [6.45, 7) is 3.94. The lowest BCUT2D eigenvalue weighted by atomic mass is 10.2. The van der Waals surface area contributed by atoms with Crippen molar-refractivity contribution in [1.82, 2.24) is 5.32 Å². The molecule has 3 aromatic rings. The molecule has 0 saturated heterocycles. The monoisotopic (exact) mass is 378 g/mol. The molecule has 0 aliphatic rings. The van der Waals surface area contributed by atoms with Gasteiger partial charge < -0.3 is 19.8 Å². The zero-order chi connectivity index (χ0) is 19.9. The van der Waals surface area contributed by atoms with Crippen LogP contribution in [0.5, 0.6) is 5.75 Å². The van der Waals surface area contributed by atoms with E-state index in [1.54, 1.807) is 49.6 Å². The summed E-state index contributed by atoms with van der Waals surface area (Å²) in [5, 5.41) is 5.56. The Labute approximate surface area is 163 Å². The van der Waals surface area contributed by atoms with Gasteiger partial charge >= 0.3 is 0 Å². The van der Waals surface area contributed by atoms with Crippen molar-refractivity contribution in [2.24, 2.45) is 0 Å². The topological polar surface area (TPSA) is 80.6 Å². The predicted octanol–water partition coefficient (Wildman–Crippen LogP) is 3.92. The number of carbonyl (C=O) groups is 2. The molecule has 3 rings (SSSR count). The highest BCUT2D eigenvalue weighted by atomic mass is 16.5. The molecule has 144 valence electrons. The van der Waals surface area contributed by atoms with Crippen LogP contribution in [0.25, 0.3) is 0 Å². The van der Waals surface area contributed by atoms with Crippen LogP contribution in [0.15, 0.2) is 71.3 Å². The third-order valence-corrected chi connectivity index (χ3v) is 4.18. The molecule has 0 radical (unpaired) electrons. The van der Waals surface area contributed by atoms with Crippen molar-refractivity contribution in [3.63, 3.8) is 0 Å². The molecule has 0 spiro atoms. The van der Waals surface area contributed by atoms with Gasteiger partial charge in [-0.25, -0.2) is 0 Å². The number of carbonyl (C=O) groups excluding carboxylic acids is 2. The van der Waals surface area contributed by atoms with Gasteiger partial charge in [-0.1, -0.05) is 18.2 Å². The lowest BCUT2D eigenvalue weighted by Gasteiger charge is -2.16. The van der Waals surface area contributed by atoms with E-state index in [9.17, 15) is 9.59 Å². The minimum absolute atomic E-state index is 0.217. The quantitative estimate of drug-likeness (QED) is 0.653. The first-order valence-corrected chi connectivity index (χ1v) is 8.97. The highest BCUT2D eigenvalue weighted by molar-refractivity contribution is 5.96. The van der Waals surface area contributed by atoms with E-state index in [4.69, 9.17) is 9.15 Å². The zero-order valence-corrected chi connectivity index (χ0v) is 15.8. The molecule has 0 saturated carbocycles.